The van der Waals surface area contributed by atoms with Gasteiger partial charge in [-0.05, 0) is 58.5 Å². The van der Waals surface area contributed by atoms with Crippen LogP contribution in [-0.4, -0.2) is 26.2 Å². The zero-order chi connectivity index (χ0) is 21.0. The number of hydrogen-bond donors (Lipinski definition) is 0. The Balaban J connectivity index is 2.09. The monoisotopic (exact) mass is 467 g/mol. The quantitative estimate of drug-likeness (QED) is 0.539. The smallest absolute Gasteiger partial charge is 0.230 e. The minimum absolute atomic E-state index is 0.0330. The molecule has 0 radical (unpaired) electrons. The summed E-state index contributed by atoms with van der Waals surface area (Å²) in [7, 11) is -2.00. The van der Waals surface area contributed by atoms with Gasteiger partial charge in [0.05, 0.1) is 24.0 Å². The van der Waals surface area contributed by atoms with E-state index < -0.39 is 8.32 Å². The highest BCUT2D eigenvalue weighted by molar-refractivity contribution is 9.10. The average molecular weight is 468 g/mol. The van der Waals surface area contributed by atoms with Crippen LogP contribution in [0.4, 0.5) is 5.69 Å². The van der Waals surface area contributed by atoms with Crippen molar-refractivity contribution in [3.63, 3.8) is 0 Å². The summed E-state index contributed by atoms with van der Waals surface area (Å²) in [6.07, 6.45) is 1.76. The van der Waals surface area contributed by atoms with E-state index in [2.05, 4.69) is 49.8 Å². The summed E-state index contributed by atoms with van der Waals surface area (Å²) in [5, 5.41) is 0.0971. The number of amides is 2. The van der Waals surface area contributed by atoms with Crippen molar-refractivity contribution in [2.24, 2.45) is 0 Å². The number of hydrogen-bond acceptors (Lipinski definition) is 4. The summed E-state index contributed by atoms with van der Waals surface area (Å²) >= 11 is 3.68. The summed E-state index contributed by atoms with van der Waals surface area (Å²) in [5.74, 6) is -0.605. The van der Waals surface area contributed by atoms with Crippen molar-refractivity contribution >= 4 is 41.7 Å². The standard InChI is InChI=1S/C21H30BrNO4Si/c1-12(24)23(13(2)25)15-9-8-14-18(19(15)22)16-10-11-17(26-16)20(14)27-28(6,7)21(3,4)5/h8-9,16-17,20H,10-11H2,1-7H3/t16-,17+,20+/m0/s1. The third-order valence-electron chi connectivity index (χ3n) is 6.31. The Morgan fingerprint density at radius 1 is 1.18 bits per heavy atom. The fourth-order valence-electron chi connectivity index (χ4n) is 3.84. The van der Waals surface area contributed by atoms with Crippen LogP contribution in [-0.2, 0) is 18.8 Å². The zero-order valence-electron chi connectivity index (χ0n) is 17.8. The van der Waals surface area contributed by atoms with Crippen LogP contribution in [0.2, 0.25) is 18.1 Å². The lowest BCUT2D eigenvalue weighted by molar-refractivity contribution is -0.124. The van der Waals surface area contributed by atoms with Crippen LogP contribution in [0.5, 0.6) is 0 Å². The molecule has 0 aromatic heterocycles. The molecule has 1 aromatic rings. The zero-order valence-corrected chi connectivity index (χ0v) is 20.3. The average Bonchev–Trinajstić information content (AvgIpc) is 2.96. The second kappa shape index (κ2) is 7.34. The van der Waals surface area contributed by atoms with Gasteiger partial charge in [-0.1, -0.05) is 26.8 Å². The molecule has 1 saturated heterocycles. The summed E-state index contributed by atoms with van der Waals surface area (Å²) in [4.78, 5) is 25.3. The highest BCUT2D eigenvalue weighted by atomic mass is 79.9. The van der Waals surface area contributed by atoms with E-state index in [-0.39, 0.29) is 35.2 Å². The largest absolute Gasteiger partial charge is 0.407 e. The maximum Gasteiger partial charge on any atom is 0.230 e. The molecule has 2 bridgehead atoms. The van der Waals surface area contributed by atoms with Gasteiger partial charge in [-0.3, -0.25) is 9.59 Å². The molecule has 3 atom stereocenters. The lowest BCUT2D eigenvalue weighted by Crippen LogP contribution is -2.44. The summed E-state index contributed by atoms with van der Waals surface area (Å²) in [5.41, 5.74) is 2.70. The topological polar surface area (TPSA) is 55.8 Å². The van der Waals surface area contributed by atoms with Crippen molar-refractivity contribution in [3.05, 3.63) is 27.7 Å². The van der Waals surface area contributed by atoms with Gasteiger partial charge in [-0.25, -0.2) is 4.90 Å². The minimum Gasteiger partial charge on any atom is -0.407 e. The molecule has 2 amide bonds. The van der Waals surface area contributed by atoms with Crippen LogP contribution in [0.25, 0.3) is 0 Å². The van der Waals surface area contributed by atoms with E-state index in [4.69, 9.17) is 9.16 Å². The fraction of sp³-hybridized carbons (Fsp3) is 0.619. The number of anilines is 1. The SMILES string of the molecule is CC(=O)N(C(C)=O)c1ccc2c(c1Br)[C@@H]1CC[C@@H](O1)[C@@H]2O[Si](C)(C)C(C)(C)C. The van der Waals surface area contributed by atoms with E-state index in [1.165, 1.54) is 18.7 Å². The number of ether oxygens (including phenoxy) is 1. The third kappa shape index (κ3) is 3.62. The second-order valence-corrected chi connectivity index (χ2v) is 14.9. The Morgan fingerprint density at radius 3 is 2.32 bits per heavy atom. The molecule has 1 aromatic carbocycles. The van der Waals surface area contributed by atoms with Crippen LogP contribution in [0.1, 0.15) is 70.8 Å². The van der Waals surface area contributed by atoms with E-state index in [0.717, 1.165) is 28.4 Å². The molecule has 0 spiro atoms. The first-order valence-electron chi connectivity index (χ1n) is 9.82. The van der Waals surface area contributed by atoms with Crippen molar-refractivity contribution < 1.29 is 18.8 Å². The van der Waals surface area contributed by atoms with Crippen LogP contribution < -0.4 is 4.90 Å². The van der Waals surface area contributed by atoms with E-state index >= 15 is 0 Å². The van der Waals surface area contributed by atoms with E-state index in [9.17, 15) is 9.59 Å². The maximum atomic E-state index is 12.1. The molecule has 0 saturated carbocycles. The van der Waals surface area contributed by atoms with Gasteiger partial charge in [0, 0.05) is 23.9 Å². The Bertz CT molecular complexity index is 803. The molecule has 7 heteroatoms. The number of halogens is 1. The van der Waals surface area contributed by atoms with Crippen molar-refractivity contribution in [1.29, 1.82) is 0 Å². The molecule has 0 N–H and O–H groups in total. The predicted octanol–water partition coefficient (Wildman–Crippen LogP) is 5.65. The van der Waals surface area contributed by atoms with Crippen molar-refractivity contribution in [2.45, 2.75) is 83.9 Å². The van der Waals surface area contributed by atoms with Crippen LogP contribution >= 0.6 is 15.9 Å². The van der Waals surface area contributed by atoms with Gasteiger partial charge in [0.2, 0.25) is 11.8 Å². The minimum atomic E-state index is -2.00. The highest BCUT2D eigenvalue weighted by Gasteiger charge is 2.48. The number of rotatable bonds is 3. The van der Waals surface area contributed by atoms with Crippen LogP contribution in [0, 0.1) is 0 Å². The predicted molar refractivity (Wildman–Crippen MR) is 116 cm³/mol. The Labute approximate surface area is 177 Å². The van der Waals surface area contributed by atoms with Gasteiger partial charge in [-0.15, -0.1) is 0 Å². The summed E-state index contributed by atoms with van der Waals surface area (Å²) in [6, 6.07) is 3.86. The lowest BCUT2D eigenvalue weighted by atomic mass is 9.95. The van der Waals surface area contributed by atoms with Crippen molar-refractivity contribution in [3.8, 4) is 0 Å². The first-order chi connectivity index (χ1) is 12.8. The number of fused-ring (bicyclic) bond motifs is 4. The van der Waals surface area contributed by atoms with Crippen molar-refractivity contribution in [2.75, 3.05) is 4.90 Å². The molecular weight excluding hydrogens is 438 g/mol. The first kappa shape index (κ1) is 21.7. The van der Waals surface area contributed by atoms with E-state index in [1.54, 1.807) is 0 Å². The molecule has 0 unspecified atom stereocenters. The molecular formula is C21H30BrNO4Si. The summed E-state index contributed by atoms with van der Waals surface area (Å²) in [6.45, 7) is 14.0. The van der Waals surface area contributed by atoms with Gasteiger partial charge < -0.3 is 9.16 Å². The molecule has 5 nitrogen and oxygen atoms in total. The molecule has 2 aliphatic rings. The normalized spacial score (nSPS) is 24.1. The number of benzene rings is 1. The molecule has 3 rings (SSSR count). The highest BCUT2D eigenvalue weighted by Crippen LogP contribution is 2.53. The number of nitrogens with zero attached hydrogens (tertiary/aromatic N) is 1. The number of imide groups is 1. The van der Waals surface area contributed by atoms with Crippen molar-refractivity contribution in [1.82, 2.24) is 0 Å². The molecule has 1 fully saturated rings. The van der Waals surface area contributed by atoms with E-state index in [0.29, 0.717) is 5.69 Å². The third-order valence-corrected chi connectivity index (χ3v) is 11.6. The Morgan fingerprint density at radius 2 is 1.79 bits per heavy atom. The molecule has 2 heterocycles. The van der Waals surface area contributed by atoms with Gasteiger partial charge in [-0.2, -0.15) is 0 Å². The van der Waals surface area contributed by atoms with E-state index in [1.807, 2.05) is 12.1 Å². The number of carbonyl (C=O) groups is 2. The molecule has 0 aliphatic carbocycles. The Kier molecular flexibility index (Phi) is 5.69. The molecule has 2 aliphatic heterocycles. The van der Waals surface area contributed by atoms with Gasteiger partial charge in [0.1, 0.15) is 0 Å². The van der Waals surface area contributed by atoms with Gasteiger partial charge >= 0.3 is 0 Å². The molecule has 28 heavy (non-hydrogen) atoms. The fourth-order valence-corrected chi connectivity index (χ4v) is 5.90. The lowest BCUT2D eigenvalue weighted by Gasteiger charge is -2.43. The maximum absolute atomic E-state index is 12.1. The first-order valence-corrected chi connectivity index (χ1v) is 13.5. The Hall–Kier alpha value is -1.02. The summed E-state index contributed by atoms with van der Waals surface area (Å²) < 4.78 is 13.9. The second-order valence-electron chi connectivity index (χ2n) is 9.31. The molecule has 154 valence electrons. The van der Waals surface area contributed by atoms with Gasteiger partial charge in [0.15, 0.2) is 8.32 Å². The van der Waals surface area contributed by atoms with Crippen LogP contribution in [0.3, 0.4) is 0 Å². The number of carbonyl (C=O) groups excluding carboxylic acids is 2. The van der Waals surface area contributed by atoms with Gasteiger partial charge in [0.25, 0.3) is 0 Å². The van der Waals surface area contributed by atoms with Crippen LogP contribution in [0.15, 0.2) is 16.6 Å².